The number of hydrogen-bond acceptors (Lipinski definition) is 7. The number of carbonyl (C=O) groups is 1. The maximum absolute atomic E-state index is 12.3. The van der Waals surface area contributed by atoms with Crippen molar-refractivity contribution >= 4 is 17.4 Å². The number of rotatable bonds is 3. The summed E-state index contributed by atoms with van der Waals surface area (Å²) in [6.07, 6.45) is 0. The van der Waals surface area contributed by atoms with Crippen LogP contribution in [0.25, 0.3) is 5.76 Å². The third-order valence-corrected chi connectivity index (χ3v) is 3.53. The van der Waals surface area contributed by atoms with Crippen LogP contribution in [-0.4, -0.2) is 21.2 Å². The molecular formula is C15H13N3O4. The van der Waals surface area contributed by atoms with Crippen molar-refractivity contribution < 1.29 is 19.5 Å². The van der Waals surface area contributed by atoms with Crippen molar-refractivity contribution in [3.05, 3.63) is 51.9 Å². The molecule has 1 aromatic carbocycles. The fourth-order valence-electron chi connectivity index (χ4n) is 2.18. The summed E-state index contributed by atoms with van der Waals surface area (Å²) in [5.74, 6) is -0.233. The maximum Gasteiger partial charge on any atom is 0.217 e. The van der Waals surface area contributed by atoms with Crippen LogP contribution >= 0.6 is 0 Å². The second-order valence-electron chi connectivity index (χ2n) is 5.02. The molecule has 2 aromatic rings. The summed E-state index contributed by atoms with van der Waals surface area (Å²) in [7, 11) is 0. The molecule has 7 nitrogen and oxygen atoms in total. The minimum atomic E-state index is -0.384. The number of allylic oxidation sites excluding steroid dienone is 1. The molecule has 1 aliphatic rings. The first-order chi connectivity index (χ1) is 10.5. The van der Waals surface area contributed by atoms with E-state index in [1.54, 1.807) is 12.1 Å². The van der Waals surface area contributed by atoms with Gasteiger partial charge in [-0.15, -0.1) is 10.2 Å². The van der Waals surface area contributed by atoms with Gasteiger partial charge in [0, 0.05) is 17.2 Å². The first-order valence-corrected chi connectivity index (χ1v) is 6.59. The van der Waals surface area contributed by atoms with Crippen molar-refractivity contribution in [1.82, 2.24) is 5.16 Å². The van der Waals surface area contributed by atoms with Crippen LogP contribution in [0.15, 0.2) is 38.6 Å². The molecule has 1 heterocycles. The molecule has 0 radical (unpaired) electrons. The van der Waals surface area contributed by atoms with E-state index in [1.165, 1.54) is 6.07 Å². The molecular weight excluding hydrogens is 286 g/mol. The van der Waals surface area contributed by atoms with E-state index in [0.717, 1.165) is 11.1 Å². The number of nitrogens with zero attached hydrogens (tertiary/aromatic N) is 3. The van der Waals surface area contributed by atoms with Crippen molar-refractivity contribution in [1.29, 1.82) is 0 Å². The highest BCUT2D eigenvalue weighted by molar-refractivity contribution is 6.19. The average molecular weight is 299 g/mol. The first-order valence-electron chi connectivity index (χ1n) is 6.59. The number of azo groups is 1. The molecule has 0 fully saturated rings. The molecule has 0 aliphatic heterocycles. The van der Waals surface area contributed by atoms with Crippen molar-refractivity contribution in [3.63, 3.8) is 0 Å². The zero-order valence-electron chi connectivity index (χ0n) is 12.0. The summed E-state index contributed by atoms with van der Waals surface area (Å²) in [6.45, 7) is 3.49. The number of aromatic nitrogens is 1. The number of aliphatic hydroxyl groups is 2. The predicted molar refractivity (Wildman–Crippen MR) is 76.7 cm³/mol. The molecule has 0 atom stereocenters. The van der Waals surface area contributed by atoms with Crippen LogP contribution in [-0.2, 0) is 6.61 Å². The van der Waals surface area contributed by atoms with Gasteiger partial charge in [-0.05, 0) is 37.1 Å². The Kier molecular flexibility index (Phi) is 3.34. The summed E-state index contributed by atoms with van der Waals surface area (Å²) < 4.78 is 4.76. The quantitative estimate of drug-likeness (QED) is 0.847. The Labute approximate surface area is 125 Å². The van der Waals surface area contributed by atoms with E-state index in [4.69, 9.17) is 9.63 Å². The molecule has 0 saturated carbocycles. The van der Waals surface area contributed by atoms with Gasteiger partial charge in [0.05, 0.1) is 0 Å². The van der Waals surface area contributed by atoms with Gasteiger partial charge >= 0.3 is 0 Å². The zero-order chi connectivity index (χ0) is 15.9. The van der Waals surface area contributed by atoms with Crippen LogP contribution in [0.1, 0.15) is 32.8 Å². The second kappa shape index (κ2) is 5.19. The van der Waals surface area contributed by atoms with E-state index in [-0.39, 0.29) is 35.4 Å². The minimum absolute atomic E-state index is 0.112. The normalized spacial score (nSPS) is 14.2. The van der Waals surface area contributed by atoms with Gasteiger partial charge in [-0.3, -0.25) is 4.79 Å². The van der Waals surface area contributed by atoms with Gasteiger partial charge in [-0.2, -0.15) is 0 Å². The molecule has 0 amide bonds. The molecule has 0 unspecified atom stereocenters. The smallest absolute Gasteiger partial charge is 0.217 e. The number of Topliss-reactive ketones (excluding diaryl/α,β-unsaturated/α-hetero) is 1. The van der Waals surface area contributed by atoms with Crippen molar-refractivity contribution in [3.8, 4) is 0 Å². The van der Waals surface area contributed by atoms with Crippen LogP contribution in [0.2, 0.25) is 0 Å². The molecule has 0 bridgehead atoms. The van der Waals surface area contributed by atoms with E-state index in [1.807, 2.05) is 13.8 Å². The van der Waals surface area contributed by atoms with Gasteiger partial charge in [-0.25, -0.2) is 0 Å². The summed E-state index contributed by atoms with van der Waals surface area (Å²) in [5.41, 5.74) is 2.67. The van der Waals surface area contributed by atoms with Crippen LogP contribution in [0.3, 0.4) is 0 Å². The standard InChI is InChI=1S/C15H13N3O4/c1-7-3-10-11(4-8(7)2)15(21)13(14(10)20)17-16-12-5-9(6-19)22-18-12/h3-5,19-20H,6H2,1-2H3. The molecule has 7 heteroatoms. The van der Waals surface area contributed by atoms with E-state index < -0.39 is 0 Å². The monoisotopic (exact) mass is 299 g/mol. The molecule has 112 valence electrons. The number of carbonyl (C=O) groups excluding carboxylic acids is 1. The summed E-state index contributed by atoms with van der Waals surface area (Å²) in [5, 5.41) is 30.2. The Morgan fingerprint density at radius 1 is 1.14 bits per heavy atom. The molecule has 0 spiro atoms. The van der Waals surface area contributed by atoms with Crippen molar-refractivity contribution in [2.24, 2.45) is 10.2 Å². The Bertz CT molecular complexity index is 833. The van der Waals surface area contributed by atoms with E-state index in [2.05, 4.69) is 15.4 Å². The lowest BCUT2D eigenvalue weighted by Gasteiger charge is -2.03. The molecule has 22 heavy (non-hydrogen) atoms. The van der Waals surface area contributed by atoms with Gasteiger partial charge in [0.2, 0.25) is 11.6 Å². The van der Waals surface area contributed by atoms with Gasteiger partial charge in [0.25, 0.3) is 0 Å². The molecule has 3 rings (SSSR count). The van der Waals surface area contributed by atoms with E-state index in [9.17, 15) is 9.90 Å². The largest absolute Gasteiger partial charge is 0.505 e. The van der Waals surface area contributed by atoms with E-state index in [0.29, 0.717) is 11.1 Å². The Morgan fingerprint density at radius 3 is 2.45 bits per heavy atom. The van der Waals surface area contributed by atoms with Crippen LogP contribution < -0.4 is 0 Å². The number of aliphatic hydroxyl groups excluding tert-OH is 2. The van der Waals surface area contributed by atoms with Crippen molar-refractivity contribution in [2.75, 3.05) is 0 Å². The lowest BCUT2D eigenvalue weighted by Crippen LogP contribution is -1.98. The zero-order valence-corrected chi connectivity index (χ0v) is 12.0. The number of fused-ring (bicyclic) bond motifs is 1. The van der Waals surface area contributed by atoms with Gasteiger partial charge < -0.3 is 14.7 Å². The topological polar surface area (TPSA) is 108 Å². The second-order valence-corrected chi connectivity index (χ2v) is 5.02. The summed E-state index contributed by atoms with van der Waals surface area (Å²) in [4.78, 5) is 12.3. The summed E-state index contributed by atoms with van der Waals surface area (Å²) >= 11 is 0. The number of ketones is 1. The fourth-order valence-corrected chi connectivity index (χ4v) is 2.18. The van der Waals surface area contributed by atoms with E-state index >= 15 is 0 Å². The SMILES string of the molecule is Cc1cc2c(cc1C)C(O)=C(N=Nc1cc(CO)on1)C2=O. The first kappa shape index (κ1) is 14.2. The van der Waals surface area contributed by atoms with Crippen LogP contribution in [0.4, 0.5) is 5.82 Å². The summed E-state index contributed by atoms with van der Waals surface area (Å²) in [6, 6.07) is 4.87. The third kappa shape index (κ3) is 2.21. The molecule has 1 aromatic heterocycles. The average Bonchev–Trinajstić information content (AvgIpc) is 3.04. The van der Waals surface area contributed by atoms with Crippen molar-refractivity contribution in [2.45, 2.75) is 20.5 Å². The Balaban J connectivity index is 1.96. The van der Waals surface area contributed by atoms with Gasteiger partial charge in [0.15, 0.2) is 17.2 Å². The maximum atomic E-state index is 12.3. The third-order valence-electron chi connectivity index (χ3n) is 3.53. The number of benzene rings is 1. The lowest BCUT2D eigenvalue weighted by atomic mass is 10.0. The van der Waals surface area contributed by atoms with Crippen LogP contribution in [0, 0.1) is 13.8 Å². The van der Waals surface area contributed by atoms with Gasteiger partial charge in [-0.1, -0.05) is 5.16 Å². The Hall–Kier alpha value is -2.80. The highest BCUT2D eigenvalue weighted by Gasteiger charge is 2.30. The highest BCUT2D eigenvalue weighted by atomic mass is 16.5. The van der Waals surface area contributed by atoms with Gasteiger partial charge in [0.1, 0.15) is 6.61 Å². The predicted octanol–water partition coefficient (Wildman–Crippen LogP) is 2.99. The highest BCUT2D eigenvalue weighted by Crippen LogP contribution is 2.34. The molecule has 0 saturated heterocycles. The fraction of sp³-hybridized carbons (Fsp3) is 0.200. The number of hydrogen-bond donors (Lipinski definition) is 2. The Morgan fingerprint density at radius 2 is 1.82 bits per heavy atom. The molecule has 1 aliphatic carbocycles. The lowest BCUT2D eigenvalue weighted by molar-refractivity contribution is 0.103. The number of aryl methyl sites for hydroxylation is 2. The minimum Gasteiger partial charge on any atom is -0.505 e. The van der Waals surface area contributed by atoms with Crippen LogP contribution in [0.5, 0.6) is 0 Å². The molecule has 2 N–H and O–H groups in total.